The van der Waals surface area contributed by atoms with E-state index in [4.69, 9.17) is 0 Å². The molecule has 0 aromatic heterocycles. The first kappa shape index (κ1) is 7.60. The van der Waals surface area contributed by atoms with Crippen molar-refractivity contribution in [2.24, 2.45) is 11.8 Å². The molecule has 0 fully saturated rings. The second-order valence-corrected chi connectivity index (χ2v) is 3.58. The fourth-order valence-corrected chi connectivity index (χ4v) is 1.80. The third-order valence-electron chi connectivity index (χ3n) is 2.81. The van der Waals surface area contributed by atoms with Gasteiger partial charge in [-0.15, -0.1) is 0 Å². The minimum Gasteiger partial charge on any atom is -0.0773 e. The van der Waals surface area contributed by atoms with Crippen molar-refractivity contribution in [3.8, 4) is 0 Å². The zero-order chi connectivity index (χ0) is 8.55. The lowest BCUT2D eigenvalue weighted by atomic mass is 9.96. The molecule has 0 nitrogen and oxygen atoms in total. The third kappa shape index (κ3) is 1.08. The van der Waals surface area contributed by atoms with Crippen molar-refractivity contribution >= 4 is 0 Å². The molecule has 0 saturated heterocycles. The van der Waals surface area contributed by atoms with Gasteiger partial charge in [-0.05, 0) is 18.4 Å². The summed E-state index contributed by atoms with van der Waals surface area (Å²) < 4.78 is 0. The van der Waals surface area contributed by atoms with E-state index >= 15 is 0 Å². The quantitative estimate of drug-likeness (QED) is 0.549. The van der Waals surface area contributed by atoms with Crippen LogP contribution in [0, 0.1) is 11.8 Å². The van der Waals surface area contributed by atoms with Gasteiger partial charge in [-0.3, -0.25) is 0 Å². The molecule has 1 unspecified atom stereocenters. The lowest BCUT2D eigenvalue weighted by Gasteiger charge is -2.09. The largest absolute Gasteiger partial charge is 0.0773 e. The lowest BCUT2D eigenvalue weighted by Crippen LogP contribution is -1.95. The monoisotopic (exact) mass is 158 g/mol. The van der Waals surface area contributed by atoms with Crippen LogP contribution in [0.5, 0.6) is 0 Å². The molecule has 0 radical (unpaired) electrons. The number of allylic oxidation sites excluding steroid dienone is 8. The summed E-state index contributed by atoms with van der Waals surface area (Å²) in [5.74, 6) is 1.19. The lowest BCUT2D eigenvalue weighted by molar-refractivity contribution is 0.857. The van der Waals surface area contributed by atoms with Gasteiger partial charge in [-0.1, -0.05) is 49.0 Å². The fraction of sp³-hybridized carbons (Fsp3) is 0.333. The summed E-state index contributed by atoms with van der Waals surface area (Å²) in [6, 6.07) is 0. The Morgan fingerprint density at radius 1 is 1.08 bits per heavy atom. The van der Waals surface area contributed by atoms with Crippen molar-refractivity contribution in [3.63, 3.8) is 0 Å². The molecule has 2 aliphatic carbocycles. The molecule has 12 heavy (non-hydrogen) atoms. The summed E-state index contributed by atoms with van der Waals surface area (Å²) in [5, 5.41) is 0. The fourth-order valence-electron chi connectivity index (χ4n) is 1.80. The molecule has 0 heteroatoms. The highest BCUT2D eigenvalue weighted by Crippen LogP contribution is 2.32. The Morgan fingerprint density at radius 2 is 1.75 bits per heavy atom. The molecule has 62 valence electrons. The van der Waals surface area contributed by atoms with E-state index in [1.54, 1.807) is 0 Å². The predicted molar refractivity (Wildman–Crippen MR) is 52.8 cm³/mol. The highest BCUT2D eigenvalue weighted by atomic mass is 14.2. The molecule has 0 N–H and O–H groups in total. The molecule has 0 saturated carbocycles. The summed E-state index contributed by atoms with van der Waals surface area (Å²) in [6.45, 7) is 4.49. The molecule has 0 aromatic carbocycles. The normalized spacial score (nSPS) is 28.0. The van der Waals surface area contributed by atoms with E-state index in [-0.39, 0.29) is 0 Å². The highest BCUT2D eigenvalue weighted by Gasteiger charge is 2.17. The summed E-state index contributed by atoms with van der Waals surface area (Å²) in [5.41, 5.74) is 3.02. The zero-order valence-electron chi connectivity index (χ0n) is 7.62. The number of rotatable bonds is 1. The molecule has 0 spiro atoms. The maximum absolute atomic E-state index is 2.28. The van der Waals surface area contributed by atoms with Crippen molar-refractivity contribution in [1.82, 2.24) is 0 Å². The molecule has 2 rings (SSSR count). The van der Waals surface area contributed by atoms with Gasteiger partial charge in [0.2, 0.25) is 0 Å². The van der Waals surface area contributed by atoms with Crippen molar-refractivity contribution in [3.05, 3.63) is 47.6 Å². The third-order valence-corrected chi connectivity index (χ3v) is 2.81. The smallest absolute Gasteiger partial charge is 0.0204 e. The predicted octanol–water partition coefficient (Wildman–Crippen LogP) is 3.25. The molecule has 0 aliphatic heterocycles. The van der Waals surface area contributed by atoms with Crippen LogP contribution < -0.4 is 0 Å². The van der Waals surface area contributed by atoms with Crippen LogP contribution in [0.3, 0.4) is 0 Å². The first-order valence-corrected chi connectivity index (χ1v) is 4.53. The van der Waals surface area contributed by atoms with E-state index in [1.807, 2.05) is 0 Å². The van der Waals surface area contributed by atoms with E-state index in [0.29, 0.717) is 11.8 Å². The van der Waals surface area contributed by atoms with Gasteiger partial charge in [0.1, 0.15) is 0 Å². The Balaban J connectivity index is 2.29. The molecular weight excluding hydrogens is 144 g/mol. The van der Waals surface area contributed by atoms with Crippen LogP contribution in [0.15, 0.2) is 47.6 Å². The van der Waals surface area contributed by atoms with E-state index in [2.05, 4.69) is 50.3 Å². The number of hydrogen-bond donors (Lipinski definition) is 0. The van der Waals surface area contributed by atoms with E-state index in [1.165, 1.54) is 11.1 Å². The molecule has 0 bridgehead atoms. The van der Waals surface area contributed by atoms with Gasteiger partial charge in [0.25, 0.3) is 0 Å². The van der Waals surface area contributed by atoms with Crippen LogP contribution in [-0.2, 0) is 0 Å². The van der Waals surface area contributed by atoms with E-state index < -0.39 is 0 Å². The van der Waals surface area contributed by atoms with Gasteiger partial charge >= 0.3 is 0 Å². The Morgan fingerprint density at radius 3 is 2.25 bits per heavy atom. The number of hydrogen-bond acceptors (Lipinski definition) is 0. The van der Waals surface area contributed by atoms with Crippen molar-refractivity contribution in [2.75, 3.05) is 0 Å². The summed E-state index contributed by atoms with van der Waals surface area (Å²) in [6.07, 6.45) is 13.3. The van der Waals surface area contributed by atoms with Crippen LogP contribution in [0.1, 0.15) is 13.8 Å². The minimum atomic E-state index is 0.547. The van der Waals surface area contributed by atoms with Crippen molar-refractivity contribution < 1.29 is 0 Å². The summed E-state index contributed by atoms with van der Waals surface area (Å²) in [4.78, 5) is 0. The Labute approximate surface area is 74.0 Å². The SMILES string of the molecule is CC1=C(C2C=CC=C2)C=CC1C. The maximum atomic E-state index is 2.28. The van der Waals surface area contributed by atoms with Gasteiger partial charge in [0.15, 0.2) is 0 Å². The Bertz CT molecular complexity index is 288. The van der Waals surface area contributed by atoms with Crippen LogP contribution in [0.25, 0.3) is 0 Å². The van der Waals surface area contributed by atoms with Crippen LogP contribution in [-0.4, -0.2) is 0 Å². The average molecular weight is 158 g/mol. The second-order valence-electron chi connectivity index (χ2n) is 3.58. The molecule has 0 aromatic rings. The molecule has 1 atom stereocenters. The van der Waals surface area contributed by atoms with Gasteiger partial charge in [0, 0.05) is 5.92 Å². The van der Waals surface area contributed by atoms with Gasteiger partial charge in [0.05, 0.1) is 0 Å². The average Bonchev–Trinajstić information content (AvgIpc) is 2.64. The zero-order valence-corrected chi connectivity index (χ0v) is 7.62. The topological polar surface area (TPSA) is 0 Å². The van der Waals surface area contributed by atoms with Crippen LogP contribution >= 0.6 is 0 Å². The molecule has 0 heterocycles. The van der Waals surface area contributed by atoms with E-state index in [0.717, 1.165) is 0 Å². The summed E-state index contributed by atoms with van der Waals surface area (Å²) >= 11 is 0. The molecular formula is C12H14. The van der Waals surface area contributed by atoms with Gasteiger partial charge in [-0.2, -0.15) is 0 Å². The van der Waals surface area contributed by atoms with Gasteiger partial charge < -0.3 is 0 Å². The minimum absolute atomic E-state index is 0.547. The Hall–Kier alpha value is -1.04. The second kappa shape index (κ2) is 2.78. The standard InChI is InChI=1S/C12H14/c1-9-7-8-12(10(9)2)11-5-3-4-6-11/h3-9,11H,1-2H3. The molecule has 2 aliphatic rings. The highest BCUT2D eigenvalue weighted by molar-refractivity contribution is 5.43. The maximum Gasteiger partial charge on any atom is 0.0204 e. The van der Waals surface area contributed by atoms with Crippen molar-refractivity contribution in [2.45, 2.75) is 13.8 Å². The van der Waals surface area contributed by atoms with E-state index in [9.17, 15) is 0 Å². The first-order chi connectivity index (χ1) is 5.79. The first-order valence-electron chi connectivity index (χ1n) is 4.53. The van der Waals surface area contributed by atoms with Crippen LogP contribution in [0.4, 0.5) is 0 Å². The van der Waals surface area contributed by atoms with Crippen molar-refractivity contribution in [1.29, 1.82) is 0 Å². The van der Waals surface area contributed by atoms with Crippen LogP contribution in [0.2, 0.25) is 0 Å². The Kier molecular flexibility index (Phi) is 1.76. The molecule has 0 amide bonds. The summed E-state index contributed by atoms with van der Waals surface area (Å²) in [7, 11) is 0. The van der Waals surface area contributed by atoms with Gasteiger partial charge in [-0.25, -0.2) is 0 Å².